The van der Waals surface area contributed by atoms with Crippen molar-refractivity contribution in [2.45, 2.75) is 56.9 Å². The largest absolute Gasteiger partial charge is 0.453 e. The number of carbonyl (C=O) groups is 4. The Morgan fingerprint density at radius 1 is 1.13 bits per heavy atom. The zero-order valence-corrected chi connectivity index (χ0v) is 21.0. The number of hydrogen-bond acceptors (Lipinski definition) is 7. The summed E-state index contributed by atoms with van der Waals surface area (Å²) in [5, 5.41) is 2.30. The van der Waals surface area contributed by atoms with Crippen LogP contribution in [0.15, 0.2) is 30.5 Å². The van der Waals surface area contributed by atoms with E-state index in [1.54, 1.807) is 35.4 Å². The van der Waals surface area contributed by atoms with Crippen molar-refractivity contribution >= 4 is 23.8 Å². The summed E-state index contributed by atoms with van der Waals surface area (Å²) in [5.74, 6) is -1.49. The lowest BCUT2D eigenvalue weighted by Crippen LogP contribution is -2.54. The van der Waals surface area contributed by atoms with Crippen LogP contribution in [0.1, 0.15) is 47.2 Å². The van der Waals surface area contributed by atoms with Crippen LogP contribution >= 0.6 is 0 Å². The van der Waals surface area contributed by atoms with Gasteiger partial charge in [-0.25, -0.2) is 9.18 Å². The molecule has 0 spiro atoms. The van der Waals surface area contributed by atoms with Crippen LogP contribution in [-0.4, -0.2) is 81.8 Å². The monoisotopic (exact) mass is 521 g/mol. The van der Waals surface area contributed by atoms with E-state index >= 15 is 4.39 Å². The van der Waals surface area contributed by atoms with E-state index in [0.717, 1.165) is 12.8 Å². The van der Waals surface area contributed by atoms with Crippen molar-refractivity contribution in [1.82, 2.24) is 25.0 Å². The SMILES string of the molecule is COC(=O)N1CC2CCC(C1)N2Cc1ccnc(-c2ccc3c(c2)CN(C2CCC(=O)NC2=O)C3=O)c1F. The number of pyridine rings is 1. The first-order valence-corrected chi connectivity index (χ1v) is 12.8. The number of nitrogens with zero attached hydrogens (tertiary/aromatic N) is 4. The van der Waals surface area contributed by atoms with Gasteiger partial charge < -0.3 is 14.5 Å². The van der Waals surface area contributed by atoms with Gasteiger partial charge in [0.15, 0.2) is 5.82 Å². The lowest BCUT2D eigenvalue weighted by molar-refractivity contribution is -0.136. The van der Waals surface area contributed by atoms with Gasteiger partial charge in [0, 0.05) is 67.6 Å². The van der Waals surface area contributed by atoms with Crippen molar-refractivity contribution in [2.75, 3.05) is 20.2 Å². The zero-order chi connectivity index (χ0) is 26.6. The molecule has 1 N–H and O–H groups in total. The first-order valence-electron chi connectivity index (χ1n) is 12.8. The quantitative estimate of drug-likeness (QED) is 0.613. The number of hydrogen-bond donors (Lipinski definition) is 1. The van der Waals surface area contributed by atoms with Crippen molar-refractivity contribution in [2.24, 2.45) is 0 Å². The molecular formula is C27H28FN5O5. The minimum atomic E-state index is -0.704. The van der Waals surface area contributed by atoms with Gasteiger partial charge in [-0.15, -0.1) is 0 Å². The molecule has 1 aromatic heterocycles. The number of ether oxygens (including phenoxy) is 1. The molecule has 2 bridgehead atoms. The van der Waals surface area contributed by atoms with E-state index in [1.165, 1.54) is 12.0 Å². The van der Waals surface area contributed by atoms with E-state index in [-0.39, 0.29) is 55.1 Å². The van der Waals surface area contributed by atoms with Crippen molar-refractivity contribution in [3.8, 4) is 11.3 Å². The minimum absolute atomic E-state index is 0.146. The van der Waals surface area contributed by atoms with Crippen LogP contribution < -0.4 is 5.32 Å². The van der Waals surface area contributed by atoms with Gasteiger partial charge >= 0.3 is 6.09 Å². The van der Waals surface area contributed by atoms with Gasteiger partial charge in [-0.2, -0.15) is 0 Å². The molecule has 0 aliphatic carbocycles. The molecule has 3 saturated heterocycles. The van der Waals surface area contributed by atoms with E-state index in [1.807, 2.05) is 0 Å². The highest BCUT2D eigenvalue weighted by atomic mass is 19.1. The van der Waals surface area contributed by atoms with Crippen LogP contribution in [-0.2, 0) is 27.4 Å². The topological polar surface area (TPSA) is 112 Å². The molecule has 0 radical (unpaired) electrons. The molecule has 11 heteroatoms. The third kappa shape index (κ3) is 4.10. The Hall–Kier alpha value is -3.86. The fourth-order valence-electron chi connectivity index (χ4n) is 6.25. The lowest BCUT2D eigenvalue weighted by Gasteiger charge is -2.40. The number of piperazine rings is 1. The summed E-state index contributed by atoms with van der Waals surface area (Å²) in [6.45, 7) is 1.75. The van der Waals surface area contributed by atoms with Crippen LogP contribution in [0.4, 0.5) is 9.18 Å². The molecule has 0 saturated carbocycles. The molecule has 4 aliphatic heterocycles. The average molecular weight is 522 g/mol. The summed E-state index contributed by atoms with van der Waals surface area (Å²) in [7, 11) is 1.38. The van der Waals surface area contributed by atoms with Gasteiger partial charge in [0.05, 0.1) is 7.11 Å². The first kappa shape index (κ1) is 24.5. The molecule has 5 heterocycles. The summed E-state index contributed by atoms with van der Waals surface area (Å²) in [4.78, 5) is 58.6. The summed E-state index contributed by atoms with van der Waals surface area (Å²) in [6.07, 6.45) is 3.62. The number of amides is 4. The Labute approximate surface area is 218 Å². The Balaban J connectivity index is 1.21. The van der Waals surface area contributed by atoms with Crippen molar-refractivity contribution in [3.05, 3.63) is 53.0 Å². The van der Waals surface area contributed by atoms with Gasteiger partial charge in [-0.3, -0.25) is 29.6 Å². The summed E-state index contributed by atoms with van der Waals surface area (Å²) >= 11 is 0. The van der Waals surface area contributed by atoms with Gasteiger partial charge in [0.25, 0.3) is 5.91 Å². The van der Waals surface area contributed by atoms with Crippen LogP contribution in [0, 0.1) is 5.82 Å². The average Bonchev–Trinajstić information content (AvgIpc) is 3.34. The number of nitrogens with one attached hydrogen (secondary N) is 1. The number of methoxy groups -OCH3 is 1. The van der Waals surface area contributed by atoms with Gasteiger partial charge in [-0.1, -0.05) is 6.07 Å². The first-order chi connectivity index (χ1) is 18.3. The van der Waals surface area contributed by atoms with E-state index in [4.69, 9.17) is 4.74 Å². The maximum absolute atomic E-state index is 15.8. The maximum Gasteiger partial charge on any atom is 0.409 e. The highest BCUT2D eigenvalue weighted by molar-refractivity contribution is 6.05. The number of halogens is 1. The number of carbonyl (C=O) groups excluding carboxylic acids is 4. The number of fused-ring (bicyclic) bond motifs is 3. The normalized spacial score (nSPS) is 25.0. The Bertz CT molecular complexity index is 1340. The smallest absolute Gasteiger partial charge is 0.409 e. The van der Waals surface area contributed by atoms with Crippen molar-refractivity contribution < 1.29 is 28.3 Å². The van der Waals surface area contributed by atoms with Crippen LogP contribution in [0.5, 0.6) is 0 Å². The maximum atomic E-state index is 15.8. The number of likely N-dealkylation sites (tertiary alicyclic amines) is 1. The molecule has 3 unspecified atom stereocenters. The molecule has 3 atom stereocenters. The fraction of sp³-hybridized carbons (Fsp3) is 0.444. The Morgan fingerprint density at radius 3 is 2.61 bits per heavy atom. The molecule has 4 amide bonds. The lowest BCUT2D eigenvalue weighted by atomic mass is 10.0. The summed E-state index contributed by atoms with van der Waals surface area (Å²) in [5.41, 5.74) is 2.45. The second-order valence-electron chi connectivity index (χ2n) is 10.3. The van der Waals surface area contributed by atoms with Crippen molar-refractivity contribution in [3.63, 3.8) is 0 Å². The molecule has 10 nitrogen and oxygen atoms in total. The Morgan fingerprint density at radius 2 is 1.89 bits per heavy atom. The highest BCUT2D eigenvalue weighted by Gasteiger charge is 2.42. The van der Waals surface area contributed by atoms with Gasteiger partial charge in [0.1, 0.15) is 11.7 Å². The van der Waals surface area contributed by atoms with Gasteiger partial charge in [0.2, 0.25) is 11.8 Å². The molecule has 38 heavy (non-hydrogen) atoms. The van der Waals surface area contributed by atoms with E-state index < -0.39 is 17.8 Å². The Kier molecular flexibility index (Phi) is 6.10. The van der Waals surface area contributed by atoms with Crippen LogP contribution in [0.25, 0.3) is 11.3 Å². The molecule has 1 aromatic carbocycles. The van der Waals surface area contributed by atoms with E-state index in [2.05, 4.69) is 15.2 Å². The highest BCUT2D eigenvalue weighted by Crippen LogP contribution is 2.35. The van der Waals surface area contributed by atoms with Crippen molar-refractivity contribution in [1.29, 1.82) is 0 Å². The second kappa shape index (κ2) is 9.46. The zero-order valence-electron chi connectivity index (χ0n) is 21.0. The van der Waals surface area contributed by atoms with E-state index in [9.17, 15) is 19.2 Å². The number of rotatable bonds is 4. The summed E-state index contributed by atoms with van der Waals surface area (Å²) < 4.78 is 20.7. The number of imide groups is 1. The number of benzene rings is 1. The number of aromatic nitrogens is 1. The van der Waals surface area contributed by atoms with E-state index in [0.29, 0.717) is 41.9 Å². The number of piperidine rings is 1. The second-order valence-corrected chi connectivity index (χ2v) is 10.3. The molecule has 6 rings (SSSR count). The third-order valence-electron chi connectivity index (χ3n) is 8.19. The predicted octanol–water partition coefficient (Wildman–Crippen LogP) is 2.06. The minimum Gasteiger partial charge on any atom is -0.453 e. The third-order valence-corrected chi connectivity index (χ3v) is 8.19. The predicted molar refractivity (Wildman–Crippen MR) is 132 cm³/mol. The molecular weight excluding hydrogens is 493 g/mol. The molecule has 4 aliphatic rings. The van der Waals surface area contributed by atoms with Crippen LogP contribution in [0.2, 0.25) is 0 Å². The summed E-state index contributed by atoms with van der Waals surface area (Å²) in [6, 6.07) is 6.36. The fourth-order valence-corrected chi connectivity index (χ4v) is 6.25. The molecule has 3 fully saturated rings. The van der Waals surface area contributed by atoms with Gasteiger partial charge in [-0.05, 0) is 43.0 Å². The molecule has 198 valence electrons. The standard InChI is InChI=1S/C27H28FN5O5/c1-38-27(37)31-13-18-3-4-19(14-31)32(18)11-16-8-9-29-24(23(16)28)15-2-5-20-17(10-15)12-33(26(20)36)21-6-7-22(34)30-25(21)35/h2,5,8-10,18-19,21H,3-4,6-7,11-14H2,1H3,(H,30,34,35). The van der Waals surface area contributed by atoms with Crippen LogP contribution in [0.3, 0.4) is 0 Å². The molecule has 2 aromatic rings.